The number of ether oxygens (including phenoxy) is 2. The van der Waals surface area contributed by atoms with Gasteiger partial charge in [0.25, 0.3) is 5.56 Å². The molecule has 0 atom stereocenters. The number of nitrogens with zero attached hydrogens (tertiary/aromatic N) is 2. The van der Waals surface area contributed by atoms with E-state index < -0.39 is 0 Å². The smallest absolute Gasteiger partial charge is 0.261 e. The molecule has 100 valence electrons. The molecule has 0 N–H and O–H groups in total. The zero-order valence-electron chi connectivity index (χ0n) is 11.2. The molecule has 0 unspecified atom stereocenters. The van der Waals surface area contributed by atoms with Crippen LogP contribution in [0.5, 0.6) is 11.5 Å². The standard InChI is InChI=1S/C14H16N2O3/c1-4-5-6-16-9-15-11-8-13(19-3)12(18-2)7-10(11)14(16)17/h4-5,7-9H,6H2,1-3H3/b5-4+. The Morgan fingerprint density at radius 2 is 1.95 bits per heavy atom. The van der Waals surface area contributed by atoms with Gasteiger partial charge < -0.3 is 9.47 Å². The predicted molar refractivity (Wildman–Crippen MR) is 73.9 cm³/mol. The second-order valence-corrected chi connectivity index (χ2v) is 4.00. The number of methoxy groups -OCH3 is 2. The van der Waals surface area contributed by atoms with Crippen molar-refractivity contribution in [2.24, 2.45) is 0 Å². The maximum Gasteiger partial charge on any atom is 0.261 e. The van der Waals surface area contributed by atoms with E-state index >= 15 is 0 Å². The van der Waals surface area contributed by atoms with Crippen LogP contribution in [-0.2, 0) is 6.54 Å². The van der Waals surface area contributed by atoms with Gasteiger partial charge in [0.15, 0.2) is 11.5 Å². The van der Waals surface area contributed by atoms with Crippen molar-refractivity contribution in [3.8, 4) is 11.5 Å². The summed E-state index contributed by atoms with van der Waals surface area (Å²) in [5.74, 6) is 1.09. The molecule has 5 heteroatoms. The molecule has 2 rings (SSSR count). The predicted octanol–water partition coefficient (Wildman–Crippen LogP) is 1.99. The van der Waals surface area contributed by atoms with E-state index in [-0.39, 0.29) is 5.56 Å². The average Bonchev–Trinajstić information content (AvgIpc) is 2.45. The summed E-state index contributed by atoms with van der Waals surface area (Å²) < 4.78 is 11.9. The molecule has 1 aromatic heterocycles. The van der Waals surface area contributed by atoms with E-state index in [4.69, 9.17) is 9.47 Å². The van der Waals surface area contributed by atoms with Gasteiger partial charge in [0.1, 0.15) is 0 Å². The Kier molecular flexibility index (Phi) is 3.85. The van der Waals surface area contributed by atoms with Gasteiger partial charge >= 0.3 is 0 Å². The van der Waals surface area contributed by atoms with Crippen LogP contribution < -0.4 is 15.0 Å². The molecule has 0 fully saturated rings. The minimum absolute atomic E-state index is 0.0935. The molecule has 0 amide bonds. The van der Waals surface area contributed by atoms with Crippen molar-refractivity contribution in [1.29, 1.82) is 0 Å². The first-order valence-electron chi connectivity index (χ1n) is 5.93. The number of fused-ring (bicyclic) bond motifs is 1. The Hall–Kier alpha value is -2.30. The van der Waals surface area contributed by atoms with Crippen LogP contribution in [0.4, 0.5) is 0 Å². The third-order valence-corrected chi connectivity index (χ3v) is 2.87. The Labute approximate surface area is 111 Å². The van der Waals surface area contributed by atoms with Gasteiger partial charge in [-0.3, -0.25) is 9.36 Å². The molecule has 19 heavy (non-hydrogen) atoms. The molecule has 0 spiro atoms. The Bertz CT molecular complexity index is 674. The highest BCUT2D eigenvalue weighted by molar-refractivity contribution is 5.81. The summed E-state index contributed by atoms with van der Waals surface area (Å²) in [5.41, 5.74) is 0.503. The van der Waals surface area contributed by atoms with Crippen molar-refractivity contribution in [2.45, 2.75) is 13.5 Å². The third-order valence-electron chi connectivity index (χ3n) is 2.87. The van der Waals surface area contributed by atoms with E-state index in [1.807, 2.05) is 19.1 Å². The average molecular weight is 260 g/mol. The molecule has 0 aliphatic rings. The molecule has 2 aromatic rings. The van der Waals surface area contributed by atoms with E-state index in [0.717, 1.165) is 0 Å². The number of hydrogen-bond donors (Lipinski definition) is 0. The maximum atomic E-state index is 12.3. The zero-order valence-corrected chi connectivity index (χ0v) is 11.2. The van der Waals surface area contributed by atoms with Crippen LogP contribution >= 0.6 is 0 Å². The molecule has 0 radical (unpaired) electrons. The lowest BCUT2D eigenvalue weighted by Gasteiger charge is -2.09. The molecule has 0 aliphatic heterocycles. The summed E-state index contributed by atoms with van der Waals surface area (Å²) in [6, 6.07) is 3.37. The first kappa shape index (κ1) is 13.1. The summed E-state index contributed by atoms with van der Waals surface area (Å²) in [4.78, 5) is 16.6. The van der Waals surface area contributed by atoms with Gasteiger partial charge in [-0.1, -0.05) is 12.2 Å². The summed E-state index contributed by atoms with van der Waals surface area (Å²) in [6.45, 7) is 2.42. The van der Waals surface area contributed by atoms with E-state index in [9.17, 15) is 4.79 Å². The zero-order chi connectivity index (χ0) is 13.8. The van der Waals surface area contributed by atoms with Crippen molar-refractivity contribution >= 4 is 10.9 Å². The van der Waals surface area contributed by atoms with Crippen molar-refractivity contribution in [3.63, 3.8) is 0 Å². The van der Waals surface area contributed by atoms with Crippen molar-refractivity contribution in [3.05, 3.63) is 41.0 Å². The molecule has 0 aliphatic carbocycles. The van der Waals surface area contributed by atoms with Crippen molar-refractivity contribution in [2.75, 3.05) is 14.2 Å². The van der Waals surface area contributed by atoms with Gasteiger partial charge in [-0.15, -0.1) is 0 Å². The highest BCUT2D eigenvalue weighted by Gasteiger charge is 2.10. The number of benzene rings is 1. The molecule has 1 aromatic carbocycles. The Morgan fingerprint density at radius 3 is 2.58 bits per heavy atom. The quantitative estimate of drug-likeness (QED) is 0.789. The van der Waals surface area contributed by atoms with Crippen LogP contribution in [0.1, 0.15) is 6.92 Å². The van der Waals surface area contributed by atoms with Gasteiger partial charge in [-0.2, -0.15) is 0 Å². The van der Waals surface area contributed by atoms with E-state index in [1.165, 1.54) is 6.33 Å². The number of rotatable bonds is 4. The monoisotopic (exact) mass is 260 g/mol. The van der Waals surface area contributed by atoms with Crippen LogP contribution in [0.3, 0.4) is 0 Å². The molecule has 1 heterocycles. The van der Waals surface area contributed by atoms with Gasteiger partial charge in [-0.25, -0.2) is 4.98 Å². The Balaban J connectivity index is 2.65. The highest BCUT2D eigenvalue weighted by Crippen LogP contribution is 2.29. The second-order valence-electron chi connectivity index (χ2n) is 4.00. The Morgan fingerprint density at radius 1 is 1.26 bits per heavy atom. The van der Waals surface area contributed by atoms with Crippen molar-refractivity contribution < 1.29 is 9.47 Å². The van der Waals surface area contributed by atoms with E-state index in [1.54, 1.807) is 30.9 Å². The van der Waals surface area contributed by atoms with E-state index in [2.05, 4.69) is 4.98 Å². The van der Waals surface area contributed by atoms with Crippen LogP contribution in [-0.4, -0.2) is 23.8 Å². The van der Waals surface area contributed by atoms with Gasteiger partial charge in [-0.05, 0) is 13.0 Å². The van der Waals surface area contributed by atoms with Crippen molar-refractivity contribution in [1.82, 2.24) is 9.55 Å². The second kappa shape index (κ2) is 5.56. The van der Waals surface area contributed by atoms with Crippen LogP contribution in [0.2, 0.25) is 0 Å². The lowest BCUT2D eigenvalue weighted by Crippen LogP contribution is -2.20. The van der Waals surface area contributed by atoms with Gasteiger partial charge in [0.05, 0.1) is 31.4 Å². The molecule has 0 saturated heterocycles. The first-order chi connectivity index (χ1) is 9.21. The van der Waals surface area contributed by atoms with Crippen LogP contribution in [0, 0.1) is 0 Å². The highest BCUT2D eigenvalue weighted by atomic mass is 16.5. The molecule has 0 bridgehead atoms. The SMILES string of the molecule is C/C=C/Cn1cnc2cc(OC)c(OC)cc2c1=O. The molecule has 0 saturated carbocycles. The van der Waals surface area contributed by atoms with Gasteiger partial charge in [0.2, 0.25) is 0 Å². The maximum absolute atomic E-state index is 12.3. The molecule has 5 nitrogen and oxygen atoms in total. The first-order valence-corrected chi connectivity index (χ1v) is 5.93. The lowest BCUT2D eigenvalue weighted by atomic mass is 10.2. The minimum Gasteiger partial charge on any atom is -0.493 e. The number of hydrogen-bond acceptors (Lipinski definition) is 4. The minimum atomic E-state index is -0.0935. The lowest BCUT2D eigenvalue weighted by molar-refractivity contribution is 0.355. The molecular formula is C14H16N2O3. The fraction of sp³-hybridized carbons (Fsp3) is 0.286. The summed E-state index contributed by atoms with van der Waals surface area (Å²) in [5, 5.41) is 0.518. The topological polar surface area (TPSA) is 53.4 Å². The fourth-order valence-electron chi connectivity index (χ4n) is 1.83. The normalized spacial score (nSPS) is 11.1. The summed E-state index contributed by atoms with van der Waals surface area (Å²) >= 11 is 0. The summed E-state index contributed by atoms with van der Waals surface area (Å²) in [6.07, 6.45) is 5.33. The largest absolute Gasteiger partial charge is 0.493 e. The summed E-state index contributed by atoms with van der Waals surface area (Å²) in [7, 11) is 3.09. The van der Waals surface area contributed by atoms with Crippen LogP contribution in [0.15, 0.2) is 35.4 Å². The number of aromatic nitrogens is 2. The third kappa shape index (κ3) is 2.45. The van der Waals surface area contributed by atoms with Gasteiger partial charge in [0, 0.05) is 12.6 Å². The fourth-order valence-corrected chi connectivity index (χ4v) is 1.83. The molecular weight excluding hydrogens is 244 g/mol. The van der Waals surface area contributed by atoms with Crippen LogP contribution in [0.25, 0.3) is 10.9 Å². The van der Waals surface area contributed by atoms with E-state index in [0.29, 0.717) is 28.9 Å². The number of allylic oxidation sites excluding steroid dienone is 2.